The molecule has 0 unspecified atom stereocenters. The number of carbonyl (C=O) groups excluding carboxylic acids is 1. The van der Waals surface area contributed by atoms with Crippen LogP contribution in [0.1, 0.15) is 16.1 Å². The van der Waals surface area contributed by atoms with E-state index in [1.807, 2.05) is 17.6 Å². The molecule has 1 heterocycles. The van der Waals surface area contributed by atoms with Crippen molar-refractivity contribution in [1.82, 2.24) is 4.57 Å². The van der Waals surface area contributed by atoms with Crippen molar-refractivity contribution in [1.29, 1.82) is 0 Å². The molecule has 2 aromatic rings. The zero-order chi connectivity index (χ0) is 16.3. The van der Waals surface area contributed by atoms with Crippen molar-refractivity contribution in [2.24, 2.45) is 5.73 Å². The second kappa shape index (κ2) is 6.27. The molecule has 0 aliphatic heterocycles. The molecule has 0 saturated heterocycles. The van der Waals surface area contributed by atoms with Gasteiger partial charge in [0.1, 0.15) is 11.5 Å². The highest BCUT2D eigenvalue weighted by Crippen LogP contribution is 2.35. The first-order chi connectivity index (χ1) is 10.5. The molecule has 0 saturated carbocycles. The number of primary amides is 1. The van der Waals surface area contributed by atoms with E-state index in [0.717, 1.165) is 17.0 Å². The summed E-state index contributed by atoms with van der Waals surface area (Å²) in [5.41, 5.74) is 8.15. The average Bonchev–Trinajstić information content (AvgIpc) is 2.84. The Morgan fingerprint density at radius 2 is 2.05 bits per heavy atom. The number of rotatable bonds is 5. The molecule has 1 aromatic carbocycles. The molecule has 1 amide bonds. The molecule has 0 aliphatic rings. The molecule has 1 aromatic heterocycles. The lowest BCUT2D eigenvalue weighted by Crippen LogP contribution is -2.12. The van der Waals surface area contributed by atoms with E-state index >= 15 is 0 Å². The van der Waals surface area contributed by atoms with Gasteiger partial charge in [-0.05, 0) is 31.2 Å². The lowest BCUT2D eigenvalue weighted by atomic mass is 10.1. The lowest BCUT2D eigenvalue weighted by Gasteiger charge is -2.13. The van der Waals surface area contributed by atoms with Gasteiger partial charge in [0.05, 0.1) is 32.0 Å². The predicted molar refractivity (Wildman–Crippen MR) is 85.1 cm³/mol. The van der Waals surface area contributed by atoms with Gasteiger partial charge in [-0.15, -0.1) is 6.42 Å². The number of aromatic nitrogens is 1. The Labute approximate surface area is 129 Å². The summed E-state index contributed by atoms with van der Waals surface area (Å²) in [7, 11) is 3.17. The number of amides is 1. The minimum absolute atomic E-state index is 0.328. The number of hydrogen-bond acceptors (Lipinski definition) is 3. The molecule has 0 aliphatic carbocycles. The highest BCUT2D eigenvalue weighted by molar-refractivity contribution is 5.96. The van der Waals surface area contributed by atoms with Crippen LogP contribution >= 0.6 is 0 Å². The summed E-state index contributed by atoms with van der Waals surface area (Å²) in [5.74, 6) is 3.45. The highest BCUT2D eigenvalue weighted by Gasteiger charge is 2.19. The highest BCUT2D eigenvalue weighted by atomic mass is 16.5. The summed E-state index contributed by atoms with van der Waals surface area (Å²) in [4.78, 5) is 11.6. The van der Waals surface area contributed by atoms with Crippen molar-refractivity contribution >= 4 is 5.91 Å². The number of methoxy groups -OCH3 is 2. The summed E-state index contributed by atoms with van der Waals surface area (Å²) in [6.07, 6.45) is 5.45. The van der Waals surface area contributed by atoms with Crippen LogP contribution in [0.15, 0.2) is 24.3 Å². The van der Waals surface area contributed by atoms with E-state index in [-0.39, 0.29) is 0 Å². The molecule has 22 heavy (non-hydrogen) atoms. The van der Waals surface area contributed by atoms with Crippen LogP contribution in [-0.2, 0) is 6.54 Å². The number of hydrogen-bond donors (Lipinski definition) is 1. The third-order valence-corrected chi connectivity index (χ3v) is 3.56. The van der Waals surface area contributed by atoms with Crippen LogP contribution in [0.4, 0.5) is 0 Å². The molecule has 5 heteroatoms. The van der Waals surface area contributed by atoms with Crippen LogP contribution in [0.3, 0.4) is 0 Å². The maximum Gasteiger partial charge on any atom is 0.250 e. The minimum atomic E-state index is -0.489. The maximum absolute atomic E-state index is 11.6. The Kier molecular flexibility index (Phi) is 4.42. The van der Waals surface area contributed by atoms with Gasteiger partial charge in [-0.25, -0.2) is 0 Å². The second-order valence-electron chi connectivity index (χ2n) is 4.75. The van der Waals surface area contributed by atoms with Crippen LogP contribution in [0, 0.1) is 19.3 Å². The van der Waals surface area contributed by atoms with Gasteiger partial charge in [0.2, 0.25) is 0 Å². The molecule has 114 valence electrons. The summed E-state index contributed by atoms with van der Waals surface area (Å²) < 4.78 is 12.5. The molecule has 0 atom stereocenters. The van der Waals surface area contributed by atoms with Gasteiger partial charge in [0.15, 0.2) is 0 Å². The zero-order valence-corrected chi connectivity index (χ0v) is 12.8. The molecule has 2 N–H and O–H groups in total. The smallest absolute Gasteiger partial charge is 0.250 e. The molecular weight excluding hydrogens is 280 g/mol. The van der Waals surface area contributed by atoms with Gasteiger partial charge in [-0.3, -0.25) is 4.79 Å². The van der Waals surface area contributed by atoms with E-state index < -0.39 is 5.91 Å². The topological polar surface area (TPSA) is 66.5 Å². The zero-order valence-electron chi connectivity index (χ0n) is 12.8. The van der Waals surface area contributed by atoms with E-state index in [0.29, 0.717) is 23.6 Å². The largest absolute Gasteiger partial charge is 0.497 e. The van der Waals surface area contributed by atoms with Crippen molar-refractivity contribution in [3.63, 3.8) is 0 Å². The van der Waals surface area contributed by atoms with E-state index in [4.69, 9.17) is 21.6 Å². The monoisotopic (exact) mass is 298 g/mol. The van der Waals surface area contributed by atoms with Gasteiger partial charge in [0.25, 0.3) is 5.91 Å². The quantitative estimate of drug-likeness (QED) is 0.861. The fourth-order valence-corrected chi connectivity index (χ4v) is 2.43. The third-order valence-electron chi connectivity index (χ3n) is 3.56. The van der Waals surface area contributed by atoms with Gasteiger partial charge in [0, 0.05) is 11.3 Å². The number of carbonyl (C=O) groups is 1. The first-order valence-corrected chi connectivity index (χ1v) is 6.69. The molecule has 0 spiro atoms. The average molecular weight is 298 g/mol. The summed E-state index contributed by atoms with van der Waals surface area (Å²) in [6.45, 7) is 2.14. The fraction of sp³-hybridized carbons (Fsp3) is 0.235. The SMILES string of the molecule is C#CCn1c(-c2cc(OC)ccc2OC)cc(C(N)=O)c1C. The van der Waals surface area contributed by atoms with Crippen LogP contribution in [0.25, 0.3) is 11.3 Å². The van der Waals surface area contributed by atoms with Crippen LogP contribution in [0.5, 0.6) is 11.5 Å². The number of terminal acetylenes is 1. The van der Waals surface area contributed by atoms with E-state index in [1.165, 1.54) is 0 Å². The molecule has 0 bridgehead atoms. The van der Waals surface area contributed by atoms with E-state index in [9.17, 15) is 4.79 Å². The van der Waals surface area contributed by atoms with Gasteiger partial charge in [-0.2, -0.15) is 0 Å². The van der Waals surface area contributed by atoms with Crippen LogP contribution in [0.2, 0.25) is 0 Å². The summed E-state index contributed by atoms with van der Waals surface area (Å²) >= 11 is 0. The maximum atomic E-state index is 11.6. The Hall–Kier alpha value is -2.87. The molecular formula is C17H18N2O3. The summed E-state index contributed by atoms with van der Waals surface area (Å²) in [5, 5.41) is 0. The van der Waals surface area contributed by atoms with Gasteiger partial charge >= 0.3 is 0 Å². The number of nitrogens with two attached hydrogens (primary N) is 1. The van der Waals surface area contributed by atoms with Gasteiger partial charge < -0.3 is 19.8 Å². The third kappa shape index (κ3) is 2.63. The number of benzene rings is 1. The number of nitrogens with zero attached hydrogens (tertiary/aromatic N) is 1. The van der Waals surface area contributed by atoms with E-state index in [1.54, 1.807) is 32.4 Å². The van der Waals surface area contributed by atoms with Crippen molar-refractivity contribution in [3.05, 3.63) is 35.5 Å². The van der Waals surface area contributed by atoms with Crippen molar-refractivity contribution in [2.45, 2.75) is 13.5 Å². The first-order valence-electron chi connectivity index (χ1n) is 6.69. The predicted octanol–water partition coefficient (Wildman–Crippen LogP) is 2.21. The number of ether oxygens (including phenoxy) is 2. The molecule has 2 rings (SSSR count). The first kappa shape index (κ1) is 15.5. The standard InChI is InChI=1S/C17H18N2O3/c1-5-8-19-11(2)13(17(18)20)10-15(19)14-9-12(21-3)6-7-16(14)22-4/h1,6-7,9-10H,8H2,2-4H3,(H2,18,20). The molecule has 5 nitrogen and oxygen atoms in total. The lowest BCUT2D eigenvalue weighted by molar-refractivity contribution is 0.0999. The summed E-state index contributed by atoms with van der Waals surface area (Å²) in [6, 6.07) is 7.18. The van der Waals surface area contributed by atoms with Crippen LogP contribution in [-0.4, -0.2) is 24.7 Å². The van der Waals surface area contributed by atoms with Gasteiger partial charge in [-0.1, -0.05) is 5.92 Å². The van der Waals surface area contributed by atoms with Crippen molar-refractivity contribution < 1.29 is 14.3 Å². The van der Waals surface area contributed by atoms with Crippen LogP contribution < -0.4 is 15.2 Å². The Morgan fingerprint density at radius 3 is 2.59 bits per heavy atom. The normalized spacial score (nSPS) is 10.1. The van der Waals surface area contributed by atoms with E-state index in [2.05, 4.69) is 5.92 Å². The Morgan fingerprint density at radius 1 is 1.32 bits per heavy atom. The minimum Gasteiger partial charge on any atom is -0.497 e. The second-order valence-corrected chi connectivity index (χ2v) is 4.75. The molecule has 0 radical (unpaired) electrons. The fourth-order valence-electron chi connectivity index (χ4n) is 2.43. The van der Waals surface area contributed by atoms with Crippen molar-refractivity contribution in [3.8, 4) is 35.1 Å². The molecule has 0 fully saturated rings. The Balaban J connectivity index is 2.73. The van der Waals surface area contributed by atoms with Crippen molar-refractivity contribution in [2.75, 3.05) is 14.2 Å². The Bertz CT molecular complexity index is 754.